The van der Waals surface area contributed by atoms with Gasteiger partial charge in [0, 0.05) is 17.9 Å². The second-order valence-corrected chi connectivity index (χ2v) is 9.41. The maximum absolute atomic E-state index is 13.1. The molecule has 5 nitrogen and oxygen atoms in total. The molecular weight excluding hydrogens is 416 g/mol. The number of carbonyl (C=O) groups excluding carboxylic acids is 1. The zero-order valence-corrected chi connectivity index (χ0v) is 18.7. The van der Waals surface area contributed by atoms with Crippen LogP contribution in [0.3, 0.4) is 0 Å². The van der Waals surface area contributed by atoms with Crippen LogP contribution < -0.4 is 9.64 Å². The number of thiazole rings is 1. The van der Waals surface area contributed by atoms with E-state index in [0.717, 1.165) is 52.7 Å². The van der Waals surface area contributed by atoms with Crippen molar-refractivity contribution < 1.29 is 14.3 Å². The molecule has 158 valence electrons. The van der Waals surface area contributed by atoms with Gasteiger partial charge in [0.2, 0.25) is 5.91 Å². The van der Waals surface area contributed by atoms with E-state index >= 15 is 0 Å². The van der Waals surface area contributed by atoms with E-state index in [0.29, 0.717) is 13.0 Å². The molecule has 0 saturated carbocycles. The van der Waals surface area contributed by atoms with Gasteiger partial charge in [-0.2, -0.15) is 0 Å². The summed E-state index contributed by atoms with van der Waals surface area (Å²) >= 11 is 3.32. The zero-order valence-electron chi connectivity index (χ0n) is 17.1. The number of amides is 1. The van der Waals surface area contributed by atoms with Crippen molar-refractivity contribution in [2.75, 3.05) is 30.9 Å². The van der Waals surface area contributed by atoms with Crippen molar-refractivity contribution in [2.45, 2.75) is 36.7 Å². The zero-order chi connectivity index (χ0) is 20.8. The highest BCUT2D eigenvalue weighted by Gasteiger charge is 2.26. The Kier molecular flexibility index (Phi) is 7.25. The quantitative estimate of drug-likeness (QED) is 0.328. The molecule has 0 radical (unpaired) electrons. The first-order chi connectivity index (χ1) is 14.7. The van der Waals surface area contributed by atoms with Gasteiger partial charge in [-0.25, -0.2) is 4.98 Å². The number of benzene rings is 2. The van der Waals surface area contributed by atoms with E-state index in [4.69, 9.17) is 14.5 Å². The molecule has 1 unspecified atom stereocenters. The number of thioether (sulfide) groups is 1. The van der Waals surface area contributed by atoms with Gasteiger partial charge in [0.05, 0.1) is 30.0 Å². The largest absolute Gasteiger partial charge is 0.497 e. The minimum Gasteiger partial charge on any atom is -0.497 e. The predicted molar refractivity (Wildman–Crippen MR) is 124 cm³/mol. The summed E-state index contributed by atoms with van der Waals surface area (Å²) in [4.78, 5) is 21.0. The van der Waals surface area contributed by atoms with Crippen LogP contribution in [0.25, 0.3) is 10.2 Å². The standard InChI is InChI=1S/C23H26N2O3S2/c1-27-17-11-12-20-21(15-17)30-23(24-20)25(16-18-7-5-13-28-18)22(26)10-6-14-29-19-8-3-2-4-9-19/h2-4,8-9,11-12,15,18H,5-7,10,13-14,16H2,1H3. The van der Waals surface area contributed by atoms with Crippen LogP contribution in [-0.4, -0.2) is 43.0 Å². The van der Waals surface area contributed by atoms with Gasteiger partial charge in [-0.1, -0.05) is 29.5 Å². The summed E-state index contributed by atoms with van der Waals surface area (Å²) in [6.07, 6.45) is 3.48. The van der Waals surface area contributed by atoms with Crippen LogP contribution in [0.4, 0.5) is 5.13 Å². The first-order valence-electron chi connectivity index (χ1n) is 10.3. The van der Waals surface area contributed by atoms with E-state index in [9.17, 15) is 4.79 Å². The summed E-state index contributed by atoms with van der Waals surface area (Å²) in [6.45, 7) is 1.35. The maximum atomic E-state index is 13.1. The summed E-state index contributed by atoms with van der Waals surface area (Å²) in [6, 6.07) is 16.1. The second-order valence-electron chi connectivity index (χ2n) is 7.23. The normalized spacial score (nSPS) is 16.1. The van der Waals surface area contributed by atoms with Crippen molar-refractivity contribution >= 4 is 44.4 Å². The van der Waals surface area contributed by atoms with Crippen LogP contribution in [0, 0.1) is 0 Å². The lowest BCUT2D eigenvalue weighted by Gasteiger charge is -2.23. The summed E-state index contributed by atoms with van der Waals surface area (Å²) in [7, 11) is 1.66. The summed E-state index contributed by atoms with van der Waals surface area (Å²) in [5.41, 5.74) is 0.889. The number of hydrogen-bond donors (Lipinski definition) is 0. The first kappa shape index (κ1) is 21.2. The number of rotatable bonds is 9. The number of anilines is 1. The fourth-order valence-electron chi connectivity index (χ4n) is 3.48. The molecule has 3 aromatic rings. The van der Waals surface area contributed by atoms with Crippen LogP contribution >= 0.6 is 23.1 Å². The molecule has 1 atom stereocenters. The fraction of sp³-hybridized carbons (Fsp3) is 0.391. The molecule has 1 aromatic heterocycles. The van der Waals surface area contributed by atoms with Crippen molar-refractivity contribution in [3.05, 3.63) is 48.5 Å². The summed E-state index contributed by atoms with van der Waals surface area (Å²) in [5, 5.41) is 0.745. The average molecular weight is 443 g/mol. The molecule has 0 spiro atoms. The molecule has 1 aliphatic heterocycles. The smallest absolute Gasteiger partial charge is 0.228 e. The van der Waals surface area contributed by atoms with Crippen LogP contribution in [0.15, 0.2) is 53.4 Å². The van der Waals surface area contributed by atoms with Crippen LogP contribution in [-0.2, 0) is 9.53 Å². The third kappa shape index (κ3) is 5.33. The molecule has 1 amide bonds. The van der Waals surface area contributed by atoms with Crippen molar-refractivity contribution in [1.29, 1.82) is 0 Å². The van der Waals surface area contributed by atoms with Gasteiger partial charge in [0.1, 0.15) is 5.75 Å². The lowest BCUT2D eigenvalue weighted by atomic mass is 10.2. The highest BCUT2D eigenvalue weighted by atomic mass is 32.2. The van der Waals surface area contributed by atoms with Gasteiger partial charge in [-0.3, -0.25) is 9.69 Å². The molecule has 4 rings (SSSR count). The van der Waals surface area contributed by atoms with Gasteiger partial charge < -0.3 is 9.47 Å². The molecule has 2 heterocycles. The monoisotopic (exact) mass is 442 g/mol. The Morgan fingerprint density at radius 2 is 2.17 bits per heavy atom. The molecular formula is C23H26N2O3S2. The third-order valence-electron chi connectivity index (χ3n) is 5.07. The minimum absolute atomic E-state index is 0.0918. The molecule has 0 N–H and O–H groups in total. The lowest BCUT2D eigenvalue weighted by Crippen LogP contribution is -2.37. The van der Waals surface area contributed by atoms with Crippen molar-refractivity contribution in [3.8, 4) is 5.75 Å². The van der Waals surface area contributed by atoms with E-state index in [1.807, 2.05) is 41.3 Å². The summed E-state index contributed by atoms with van der Waals surface area (Å²) < 4.78 is 12.2. The van der Waals surface area contributed by atoms with Crippen LogP contribution in [0.5, 0.6) is 5.75 Å². The lowest BCUT2D eigenvalue weighted by molar-refractivity contribution is -0.119. The molecule has 2 aromatic carbocycles. The van der Waals surface area contributed by atoms with E-state index < -0.39 is 0 Å². The fourth-order valence-corrected chi connectivity index (χ4v) is 5.37. The molecule has 0 aliphatic carbocycles. The van der Waals surface area contributed by atoms with E-state index in [1.165, 1.54) is 16.2 Å². The number of ether oxygens (including phenoxy) is 2. The molecule has 7 heteroatoms. The molecule has 0 bridgehead atoms. The number of nitrogens with zero attached hydrogens (tertiary/aromatic N) is 2. The Bertz CT molecular complexity index is 971. The van der Waals surface area contributed by atoms with Crippen LogP contribution in [0.2, 0.25) is 0 Å². The second kappa shape index (κ2) is 10.3. The first-order valence-corrected chi connectivity index (χ1v) is 12.1. The highest BCUT2D eigenvalue weighted by molar-refractivity contribution is 7.99. The molecule has 1 aliphatic rings. The Morgan fingerprint density at radius 1 is 1.30 bits per heavy atom. The minimum atomic E-state index is 0.0918. The highest BCUT2D eigenvalue weighted by Crippen LogP contribution is 2.33. The number of fused-ring (bicyclic) bond motifs is 1. The Balaban J connectivity index is 1.44. The molecule has 30 heavy (non-hydrogen) atoms. The van der Waals surface area contributed by atoms with Gasteiger partial charge in [0.25, 0.3) is 0 Å². The van der Waals surface area contributed by atoms with E-state index in [-0.39, 0.29) is 12.0 Å². The number of carbonyl (C=O) groups is 1. The van der Waals surface area contributed by atoms with E-state index in [2.05, 4.69) is 12.1 Å². The molecule has 1 saturated heterocycles. The third-order valence-corrected chi connectivity index (χ3v) is 7.21. The SMILES string of the molecule is COc1ccc2nc(N(CC3CCCO3)C(=O)CCCSc3ccccc3)sc2c1. The van der Waals surface area contributed by atoms with Crippen molar-refractivity contribution in [3.63, 3.8) is 0 Å². The summed E-state index contributed by atoms with van der Waals surface area (Å²) in [5.74, 6) is 1.83. The van der Waals surface area contributed by atoms with Crippen molar-refractivity contribution in [2.24, 2.45) is 0 Å². The number of methoxy groups -OCH3 is 1. The molecule has 1 fully saturated rings. The van der Waals surface area contributed by atoms with Gasteiger partial charge >= 0.3 is 0 Å². The maximum Gasteiger partial charge on any atom is 0.228 e. The predicted octanol–water partition coefficient (Wildman–Crippen LogP) is 5.39. The Morgan fingerprint density at radius 3 is 2.93 bits per heavy atom. The Hall–Kier alpha value is -2.09. The Labute approximate surface area is 185 Å². The topological polar surface area (TPSA) is 51.7 Å². The number of aromatic nitrogens is 1. The van der Waals surface area contributed by atoms with Crippen molar-refractivity contribution in [1.82, 2.24) is 4.98 Å². The van der Waals surface area contributed by atoms with Gasteiger partial charge in [0.15, 0.2) is 5.13 Å². The van der Waals surface area contributed by atoms with Crippen LogP contribution in [0.1, 0.15) is 25.7 Å². The average Bonchev–Trinajstić information content (AvgIpc) is 3.44. The van der Waals surface area contributed by atoms with Gasteiger partial charge in [-0.15, -0.1) is 11.8 Å². The van der Waals surface area contributed by atoms with E-state index in [1.54, 1.807) is 18.9 Å². The number of hydrogen-bond acceptors (Lipinski definition) is 6. The van der Waals surface area contributed by atoms with Gasteiger partial charge in [-0.05, 0) is 55.3 Å².